The van der Waals surface area contributed by atoms with Gasteiger partial charge in [0.25, 0.3) is 0 Å². The molecule has 0 unspecified atom stereocenters. The summed E-state index contributed by atoms with van der Waals surface area (Å²) in [6.45, 7) is 1.53. The molecule has 1 aromatic rings. The van der Waals surface area contributed by atoms with Crippen LogP contribution in [0.15, 0.2) is 36.4 Å². The molecule has 0 aliphatic heterocycles. The lowest BCUT2D eigenvalue weighted by atomic mass is 10.0. The molecule has 2 nitrogen and oxygen atoms in total. The normalized spacial score (nSPS) is 18.9. The lowest BCUT2D eigenvalue weighted by Crippen LogP contribution is -2.37. The van der Waals surface area contributed by atoms with E-state index in [0.717, 1.165) is 32.2 Å². The summed E-state index contributed by atoms with van der Waals surface area (Å²) in [6.07, 6.45) is 8.43. The number of benzene rings is 1. The molecule has 1 aliphatic carbocycles. The van der Waals surface area contributed by atoms with E-state index in [9.17, 15) is 5.11 Å². The maximum Gasteiger partial charge on any atom is 0.0771 e. The van der Waals surface area contributed by atoms with Crippen LogP contribution < -0.4 is 5.32 Å². The molecule has 2 rings (SSSR count). The summed E-state index contributed by atoms with van der Waals surface area (Å²) in [5.41, 5.74) is 0.773. The number of nitrogens with one attached hydrogen (secondary N) is 1. The zero-order valence-electron chi connectivity index (χ0n) is 10.2. The predicted octanol–water partition coefficient (Wildman–Crippen LogP) is 2.59. The van der Waals surface area contributed by atoms with Gasteiger partial charge in [0.05, 0.1) is 5.60 Å². The second-order valence-electron chi connectivity index (χ2n) is 4.88. The van der Waals surface area contributed by atoms with Gasteiger partial charge in [-0.2, -0.15) is 0 Å². The van der Waals surface area contributed by atoms with E-state index in [1.807, 2.05) is 18.2 Å². The molecule has 1 saturated carbocycles. The van der Waals surface area contributed by atoms with Gasteiger partial charge in [0.2, 0.25) is 0 Å². The molecule has 2 heteroatoms. The largest absolute Gasteiger partial charge is 0.389 e. The smallest absolute Gasteiger partial charge is 0.0771 e. The van der Waals surface area contributed by atoms with Crippen molar-refractivity contribution in [3.8, 4) is 0 Å². The fourth-order valence-corrected chi connectivity index (χ4v) is 2.36. The second-order valence-corrected chi connectivity index (χ2v) is 4.88. The van der Waals surface area contributed by atoms with Gasteiger partial charge in [-0.05, 0) is 18.4 Å². The van der Waals surface area contributed by atoms with Crippen LogP contribution in [0.3, 0.4) is 0 Å². The van der Waals surface area contributed by atoms with Gasteiger partial charge in [-0.25, -0.2) is 0 Å². The third kappa shape index (κ3) is 3.99. The first-order chi connectivity index (χ1) is 8.29. The molecular formula is C15H21NO. The Labute approximate surface area is 103 Å². The highest BCUT2D eigenvalue weighted by atomic mass is 16.3. The van der Waals surface area contributed by atoms with Gasteiger partial charge in [-0.3, -0.25) is 0 Å². The van der Waals surface area contributed by atoms with E-state index in [1.165, 1.54) is 5.56 Å². The van der Waals surface area contributed by atoms with E-state index in [0.29, 0.717) is 6.54 Å². The van der Waals surface area contributed by atoms with Gasteiger partial charge in [-0.1, -0.05) is 55.3 Å². The molecule has 0 bridgehead atoms. The molecule has 1 aliphatic rings. The Bertz CT molecular complexity index is 352. The summed E-state index contributed by atoms with van der Waals surface area (Å²) in [5.74, 6) is 0. The van der Waals surface area contributed by atoms with Crippen molar-refractivity contribution in [2.45, 2.75) is 31.3 Å². The third-order valence-electron chi connectivity index (χ3n) is 3.36. The van der Waals surface area contributed by atoms with Crippen molar-refractivity contribution < 1.29 is 5.11 Å². The van der Waals surface area contributed by atoms with Gasteiger partial charge < -0.3 is 10.4 Å². The average Bonchev–Trinajstić information content (AvgIpc) is 2.77. The van der Waals surface area contributed by atoms with E-state index >= 15 is 0 Å². The van der Waals surface area contributed by atoms with Crippen molar-refractivity contribution in [1.82, 2.24) is 5.32 Å². The molecule has 0 radical (unpaired) electrons. The van der Waals surface area contributed by atoms with Crippen LogP contribution in [0.25, 0.3) is 6.08 Å². The Morgan fingerprint density at radius 1 is 1.18 bits per heavy atom. The summed E-state index contributed by atoms with van der Waals surface area (Å²) >= 11 is 0. The molecule has 1 fully saturated rings. The molecule has 0 atom stereocenters. The van der Waals surface area contributed by atoms with E-state index in [2.05, 4.69) is 29.6 Å². The SMILES string of the molecule is OC1(CNC/C=C/c2ccccc2)CCCC1. The van der Waals surface area contributed by atoms with E-state index < -0.39 is 5.60 Å². The Morgan fingerprint density at radius 3 is 2.59 bits per heavy atom. The standard InChI is InChI=1S/C15H21NO/c17-15(10-4-5-11-15)13-16-12-6-9-14-7-2-1-3-8-14/h1-3,6-9,16-17H,4-5,10-13H2/b9-6+. The number of hydrogen-bond acceptors (Lipinski definition) is 2. The van der Waals surface area contributed by atoms with Crippen molar-refractivity contribution in [3.63, 3.8) is 0 Å². The summed E-state index contributed by atoms with van der Waals surface area (Å²) in [6, 6.07) is 10.3. The first-order valence-electron chi connectivity index (χ1n) is 6.43. The van der Waals surface area contributed by atoms with Crippen LogP contribution in [0.1, 0.15) is 31.2 Å². The maximum absolute atomic E-state index is 10.1. The number of rotatable bonds is 5. The fraction of sp³-hybridized carbons (Fsp3) is 0.467. The highest BCUT2D eigenvalue weighted by Crippen LogP contribution is 2.28. The summed E-state index contributed by atoms with van der Waals surface area (Å²) in [7, 11) is 0. The van der Waals surface area contributed by atoms with Crippen LogP contribution in [0, 0.1) is 0 Å². The minimum atomic E-state index is -0.444. The Morgan fingerprint density at radius 2 is 1.88 bits per heavy atom. The fourth-order valence-electron chi connectivity index (χ4n) is 2.36. The van der Waals surface area contributed by atoms with E-state index in [1.54, 1.807) is 0 Å². The van der Waals surface area contributed by atoms with Crippen molar-refractivity contribution >= 4 is 6.08 Å². The monoisotopic (exact) mass is 231 g/mol. The van der Waals surface area contributed by atoms with Crippen LogP contribution >= 0.6 is 0 Å². The molecule has 0 amide bonds. The van der Waals surface area contributed by atoms with Gasteiger partial charge in [-0.15, -0.1) is 0 Å². The molecule has 2 N–H and O–H groups in total. The summed E-state index contributed by atoms with van der Waals surface area (Å²) in [4.78, 5) is 0. The first-order valence-corrected chi connectivity index (χ1v) is 6.43. The summed E-state index contributed by atoms with van der Waals surface area (Å²) < 4.78 is 0. The third-order valence-corrected chi connectivity index (χ3v) is 3.36. The second kappa shape index (κ2) is 5.99. The first kappa shape index (κ1) is 12.3. The van der Waals surface area contributed by atoms with Crippen molar-refractivity contribution in [2.24, 2.45) is 0 Å². The Kier molecular flexibility index (Phi) is 4.35. The molecule has 0 spiro atoms. The van der Waals surface area contributed by atoms with Crippen LogP contribution in [-0.4, -0.2) is 23.8 Å². The van der Waals surface area contributed by atoms with Crippen molar-refractivity contribution in [1.29, 1.82) is 0 Å². The molecule has 0 heterocycles. The van der Waals surface area contributed by atoms with Gasteiger partial charge in [0, 0.05) is 13.1 Å². The van der Waals surface area contributed by atoms with E-state index in [-0.39, 0.29) is 0 Å². The topological polar surface area (TPSA) is 32.3 Å². The van der Waals surface area contributed by atoms with Gasteiger partial charge >= 0.3 is 0 Å². The van der Waals surface area contributed by atoms with Crippen LogP contribution in [0.4, 0.5) is 0 Å². The Hall–Kier alpha value is -1.12. The minimum Gasteiger partial charge on any atom is -0.389 e. The molecule has 92 valence electrons. The zero-order chi connectivity index (χ0) is 12.0. The van der Waals surface area contributed by atoms with E-state index in [4.69, 9.17) is 0 Å². The van der Waals surface area contributed by atoms with Crippen LogP contribution in [-0.2, 0) is 0 Å². The number of aliphatic hydroxyl groups is 1. The molecule has 0 aromatic heterocycles. The lowest BCUT2D eigenvalue weighted by Gasteiger charge is -2.21. The minimum absolute atomic E-state index is 0.444. The van der Waals surface area contributed by atoms with Crippen molar-refractivity contribution in [2.75, 3.05) is 13.1 Å². The summed E-state index contributed by atoms with van der Waals surface area (Å²) in [5, 5.41) is 13.4. The maximum atomic E-state index is 10.1. The Balaban J connectivity index is 1.68. The molecule has 17 heavy (non-hydrogen) atoms. The van der Waals surface area contributed by atoms with Crippen LogP contribution in [0.2, 0.25) is 0 Å². The quantitative estimate of drug-likeness (QED) is 0.763. The van der Waals surface area contributed by atoms with Crippen molar-refractivity contribution in [3.05, 3.63) is 42.0 Å². The average molecular weight is 231 g/mol. The highest BCUT2D eigenvalue weighted by Gasteiger charge is 2.29. The van der Waals surface area contributed by atoms with Crippen LogP contribution in [0.5, 0.6) is 0 Å². The molecule has 0 saturated heterocycles. The van der Waals surface area contributed by atoms with Gasteiger partial charge in [0.15, 0.2) is 0 Å². The zero-order valence-corrected chi connectivity index (χ0v) is 10.2. The lowest BCUT2D eigenvalue weighted by molar-refractivity contribution is 0.0488. The number of hydrogen-bond donors (Lipinski definition) is 2. The molecule has 1 aromatic carbocycles. The predicted molar refractivity (Wildman–Crippen MR) is 71.8 cm³/mol. The molecular weight excluding hydrogens is 210 g/mol. The van der Waals surface area contributed by atoms with Gasteiger partial charge in [0.1, 0.15) is 0 Å². The highest BCUT2D eigenvalue weighted by molar-refractivity contribution is 5.48.